The molecule has 1 saturated carbocycles. The maximum atomic E-state index is 5.91. The second-order valence-corrected chi connectivity index (χ2v) is 7.84. The molecule has 1 aliphatic rings. The minimum Gasteiger partial charge on any atom is -0.0945 e. The van der Waals surface area contributed by atoms with Crippen LogP contribution in [0.1, 0.15) is 89.5 Å². The van der Waals surface area contributed by atoms with Gasteiger partial charge in [-0.3, -0.25) is 0 Å². The molecule has 24 heavy (non-hydrogen) atoms. The first-order valence-corrected chi connectivity index (χ1v) is 10.4. The van der Waals surface area contributed by atoms with E-state index in [9.17, 15) is 0 Å². The molecule has 1 aromatic carbocycles. The lowest BCUT2D eigenvalue weighted by atomic mass is 9.80. The third-order valence-electron chi connectivity index (χ3n) is 5.33. The number of hydrogen-bond acceptors (Lipinski definition) is 0. The molecule has 0 aliphatic heterocycles. The summed E-state index contributed by atoms with van der Waals surface area (Å²) in [5.74, 6) is 8.37. The number of halogens is 1. The van der Waals surface area contributed by atoms with E-state index in [1.54, 1.807) is 0 Å². The van der Waals surface area contributed by atoms with Gasteiger partial charge < -0.3 is 0 Å². The largest absolute Gasteiger partial charge is 0.0945 e. The van der Waals surface area contributed by atoms with Crippen molar-refractivity contribution in [2.24, 2.45) is 11.8 Å². The van der Waals surface area contributed by atoms with E-state index >= 15 is 0 Å². The molecule has 0 unspecified atom stereocenters. The van der Waals surface area contributed by atoms with Gasteiger partial charge in [-0.2, -0.15) is 0 Å². The molecule has 2 rings (SSSR count). The van der Waals surface area contributed by atoms with Gasteiger partial charge in [-0.25, -0.2) is 0 Å². The van der Waals surface area contributed by atoms with Crippen LogP contribution in [0.15, 0.2) is 24.3 Å². The summed E-state index contributed by atoms with van der Waals surface area (Å²) < 4.78 is 0. The van der Waals surface area contributed by atoms with Crippen LogP contribution in [-0.4, -0.2) is 0 Å². The van der Waals surface area contributed by atoms with E-state index in [4.69, 9.17) is 11.6 Å². The van der Waals surface area contributed by atoms with E-state index in [2.05, 4.69) is 18.8 Å². The zero-order valence-corrected chi connectivity index (χ0v) is 16.1. The molecule has 1 heteroatoms. The first-order chi connectivity index (χ1) is 11.8. The molecule has 132 valence electrons. The zero-order chi connectivity index (χ0) is 17.0. The van der Waals surface area contributed by atoms with Crippen LogP contribution < -0.4 is 0 Å². The molecule has 1 fully saturated rings. The van der Waals surface area contributed by atoms with Gasteiger partial charge in [0.15, 0.2) is 0 Å². The Morgan fingerprint density at radius 2 is 1.50 bits per heavy atom. The Labute approximate surface area is 154 Å². The van der Waals surface area contributed by atoms with Crippen molar-refractivity contribution in [3.8, 4) is 11.8 Å². The first kappa shape index (κ1) is 19.4. The Morgan fingerprint density at radius 3 is 2.17 bits per heavy atom. The highest BCUT2D eigenvalue weighted by Gasteiger charge is 2.19. The van der Waals surface area contributed by atoms with Crippen molar-refractivity contribution in [1.82, 2.24) is 0 Å². The molecule has 0 aromatic heterocycles. The maximum absolute atomic E-state index is 5.91. The molecule has 0 saturated heterocycles. The first-order valence-electron chi connectivity index (χ1n) is 10.0. The van der Waals surface area contributed by atoms with Gasteiger partial charge in [-0.05, 0) is 55.9 Å². The van der Waals surface area contributed by atoms with E-state index in [0.29, 0.717) is 5.92 Å². The molecule has 0 radical (unpaired) electrons. The average Bonchev–Trinajstić information content (AvgIpc) is 2.61. The smallest absolute Gasteiger partial charge is 0.0406 e. The highest BCUT2D eigenvalue weighted by molar-refractivity contribution is 6.30. The van der Waals surface area contributed by atoms with Gasteiger partial charge in [0.25, 0.3) is 0 Å². The quantitative estimate of drug-likeness (QED) is 0.335. The maximum Gasteiger partial charge on any atom is 0.0406 e. The predicted molar refractivity (Wildman–Crippen MR) is 106 cm³/mol. The fourth-order valence-electron chi connectivity index (χ4n) is 3.70. The summed E-state index contributed by atoms with van der Waals surface area (Å²) in [5.41, 5.74) is 1.09. The van der Waals surface area contributed by atoms with Crippen LogP contribution in [0.2, 0.25) is 5.02 Å². The molecule has 0 spiro atoms. The fourth-order valence-corrected chi connectivity index (χ4v) is 3.83. The fraction of sp³-hybridized carbons (Fsp3) is 0.652. The Kier molecular flexibility index (Phi) is 9.37. The lowest BCUT2D eigenvalue weighted by Crippen LogP contribution is -2.13. The third kappa shape index (κ3) is 7.76. The normalized spacial score (nSPS) is 20.4. The average molecular weight is 345 g/mol. The molecular weight excluding hydrogens is 312 g/mol. The van der Waals surface area contributed by atoms with Gasteiger partial charge in [-0.15, -0.1) is 0 Å². The summed E-state index contributed by atoms with van der Waals surface area (Å²) in [6.45, 7) is 2.29. The highest BCUT2D eigenvalue weighted by atomic mass is 35.5. The van der Waals surface area contributed by atoms with E-state index in [1.165, 1.54) is 77.0 Å². The number of benzene rings is 1. The predicted octanol–water partition coefficient (Wildman–Crippen LogP) is 7.64. The van der Waals surface area contributed by atoms with Crippen LogP contribution >= 0.6 is 11.6 Å². The second kappa shape index (κ2) is 11.6. The molecule has 1 aliphatic carbocycles. The Balaban J connectivity index is 1.57. The number of hydrogen-bond donors (Lipinski definition) is 0. The van der Waals surface area contributed by atoms with Gasteiger partial charge in [0.05, 0.1) is 0 Å². The van der Waals surface area contributed by atoms with Crippen LogP contribution in [0.3, 0.4) is 0 Å². The Hall–Kier alpha value is -0.930. The van der Waals surface area contributed by atoms with E-state index < -0.39 is 0 Å². The molecule has 0 N–H and O–H groups in total. The van der Waals surface area contributed by atoms with Gasteiger partial charge in [0.1, 0.15) is 0 Å². The van der Waals surface area contributed by atoms with Gasteiger partial charge in [-0.1, -0.05) is 81.7 Å². The molecule has 0 heterocycles. The van der Waals surface area contributed by atoms with Gasteiger partial charge in [0.2, 0.25) is 0 Å². The van der Waals surface area contributed by atoms with Gasteiger partial charge >= 0.3 is 0 Å². The molecule has 0 amide bonds. The lowest BCUT2D eigenvalue weighted by molar-refractivity contribution is 0.293. The summed E-state index contributed by atoms with van der Waals surface area (Å²) >= 11 is 5.91. The van der Waals surface area contributed by atoms with Crippen LogP contribution in [0.25, 0.3) is 0 Å². The number of unbranched alkanes of at least 4 members (excludes halogenated alkanes) is 6. The van der Waals surface area contributed by atoms with E-state index in [0.717, 1.165) is 16.5 Å². The lowest BCUT2D eigenvalue weighted by Gasteiger charge is -2.25. The minimum absolute atomic E-state index is 0.603. The second-order valence-electron chi connectivity index (χ2n) is 7.40. The van der Waals surface area contributed by atoms with E-state index in [1.807, 2.05) is 24.3 Å². The summed E-state index contributed by atoms with van der Waals surface area (Å²) in [7, 11) is 0. The zero-order valence-electron chi connectivity index (χ0n) is 15.3. The molecule has 1 aromatic rings. The summed E-state index contributed by atoms with van der Waals surface area (Å²) in [4.78, 5) is 0. The summed E-state index contributed by atoms with van der Waals surface area (Å²) in [6.07, 6.45) is 16.8. The Morgan fingerprint density at radius 1 is 0.875 bits per heavy atom. The van der Waals surface area contributed by atoms with Crippen LogP contribution in [0, 0.1) is 23.7 Å². The van der Waals surface area contributed by atoms with Crippen molar-refractivity contribution in [3.63, 3.8) is 0 Å². The van der Waals surface area contributed by atoms with Crippen molar-refractivity contribution >= 4 is 11.6 Å². The summed E-state index contributed by atoms with van der Waals surface area (Å²) in [5, 5.41) is 0.784. The molecule has 0 nitrogen and oxygen atoms in total. The van der Waals surface area contributed by atoms with Crippen molar-refractivity contribution in [2.45, 2.75) is 84.0 Å². The van der Waals surface area contributed by atoms with Crippen LogP contribution in [0.5, 0.6) is 0 Å². The van der Waals surface area contributed by atoms with Crippen molar-refractivity contribution < 1.29 is 0 Å². The monoisotopic (exact) mass is 344 g/mol. The third-order valence-corrected chi connectivity index (χ3v) is 5.58. The van der Waals surface area contributed by atoms with Crippen LogP contribution in [0.4, 0.5) is 0 Å². The van der Waals surface area contributed by atoms with E-state index in [-0.39, 0.29) is 0 Å². The number of rotatable bonds is 8. The van der Waals surface area contributed by atoms with Crippen molar-refractivity contribution in [3.05, 3.63) is 34.9 Å². The molecule has 0 bridgehead atoms. The molecule has 0 atom stereocenters. The van der Waals surface area contributed by atoms with Crippen molar-refractivity contribution in [1.29, 1.82) is 0 Å². The van der Waals surface area contributed by atoms with Crippen LogP contribution in [-0.2, 0) is 0 Å². The van der Waals surface area contributed by atoms with Crippen molar-refractivity contribution in [2.75, 3.05) is 0 Å². The SMILES string of the molecule is CCCCCCCCCC1CCC(C#Cc2ccc(Cl)cc2)CC1. The molecular formula is C23H33Cl. The standard InChI is InChI=1S/C23H33Cl/c1-2-3-4-5-6-7-8-9-20-10-12-21(13-11-20)14-15-22-16-18-23(24)19-17-22/h16-21H,2-13H2,1H3. The minimum atomic E-state index is 0.603. The topological polar surface area (TPSA) is 0 Å². The Bertz CT molecular complexity index is 497. The van der Waals surface area contributed by atoms with Gasteiger partial charge in [0, 0.05) is 16.5 Å². The summed E-state index contributed by atoms with van der Waals surface area (Å²) in [6, 6.07) is 7.87. The highest BCUT2D eigenvalue weighted by Crippen LogP contribution is 2.31.